The smallest absolute Gasteiger partial charge is 0.242 e. The lowest BCUT2D eigenvalue weighted by Crippen LogP contribution is -2.44. The number of hydrogen-bond acceptors (Lipinski definition) is 3. The zero-order valence-electron chi connectivity index (χ0n) is 9.91. The number of rotatable bonds is 4. The van der Waals surface area contributed by atoms with E-state index < -0.39 is 5.41 Å². The van der Waals surface area contributed by atoms with Crippen LogP contribution in [0, 0.1) is 12.3 Å². The van der Waals surface area contributed by atoms with Crippen molar-refractivity contribution in [1.29, 1.82) is 0 Å². The monoisotopic (exact) mass is 222 g/mol. The molecule has 4 nitrogen and oxygen atoms in total. The Bertz CT molecular complexity index is 375. The lowest BCUT2D eigenvalue weighted by atomic mass is 9.94. The van der Waals surface area contributed by atoms with Crippen LogP contribution in [0.2, 0.25) is 0 Å². The van der Waals surface area contributed by atoms with Crippen molar-refractivity contribution in [2.75, 3.05) is 6.61 Å². The molecule has 16 heavy (non-hydrogen) atoms. The van der Waals surface area contributed by atoms with Gasteiger partial charge in [-0.25, -0.2) is 5.84 Å². The van der Waals surface area contributed by atoms with Gasteiger partial charge in [-0.05, 0) is 38.5 Å². The lowest BCUT2D eigenvalue weighted by Gasteiger charge is -2.22. The van der Waals surface area contributed by atoms with Crippen molar-refractivity contribution in [2.45, 2.75) is 20.8 Å². The third kappa shape index (κ3) is 3.24. The van der Waals surface area contributed by atoms with Crippen LogP contribution in [0.25, 0.3) is 0 Å². The molecule has 0 aliphatic rings. The minimum absolute atomic E-state index is 0.236. The highest BCUT2D eigenvalue weighted by atomic mass is 16.5. The highest BCUT2D eigenvalue weighted by Gasteiger charge is 2.27. The molecule has 1 rings (SSSR count). The van der Waals surface area contributed by atoms with E-state index in [1.807, 2.05) is 31.2 Å². The number of aryl methyl sites for hydroxylation is 1. The molecule has 0 aliphatic heterocycles. The van der Waals surface area contributed by atoms with Crippen molar-refractivity contribution in [3.05, 3.63) is 29.8 Å². The maximum Gasteiger partial charge on any atom is 0.242 e. The van der Waals surface area contributed by atoms with Crippen molar-refractivity contribution >= 4 is 5.91 Å². The van der Waals surface area contributed by atoms with Crippen LogP contribution < -0.4 is 16.0 Å². The predicted octanol–water partition coefficient (Wildman–Crippen LogP) is 1.39. The molecule has 0 atom stereocenters. The van der Waals surface area contributed by atoms with E-state index in [1.54, 1.807) is 13.8 Å². The Balaban J connectivity index is 2.61. The number of carbonyl (C=O) groups is 1. The van der Waals surface area contributed by atoms with Crippen LogP contribution in [0.5, 0.6) is 5.75 Å². The SMILES string of the molecule is Cc1cccc(OCC(C)(C)C(=O)NN)c1. The molecule has 3 N–H and O–H groups in total. The number of hydrazine groups is 1. The first-order valence-electron chi connectivity index (χ1n) is 5.16. The summed E-state index contributed by atoms with van der Waals surface area (Å²) in [6, 6.07) is 7.70. The molecule has 1 aromatic rings. The number of ether oxygens (including phenoxy) is 1. The zero-order valence-corrected chi connectivity index (χ0v) is 9.91. The molecule has 0 unspecified atom stereocenters. The largest absolute Gasteiger partial charge is 0.492 e. The van der Waals surface area contributed by atoms with Crippen LogP contribution in [0.1, 0.15) is 19.4 Å². The fourth-order valence-corrected chi connectivity index (χ4v) is 1.23. The molecule has 0 saturated carbocycles. The minimum Gasteiger partial charge on any atom is -0.492 e. The van der Waals surface area contributed by atoms with Crippen molar-refractivity contribution in [2.24, 2.45) is 11.3 Å². The van der Waals surface area contributed by atoms with Crippen molar-refractivity contribution in [1.82, 2.24) is 5.43 Å². The summed E-state index contributed by atoms with van der Waals surface area (Å²) in [5.74, 6) is 5.62. The minimum atomic E-state index is -0.640. The maximum absolute atomic E-state index is 11.4. The summed E-state index contributed by atoms with van der Waals surface area (Å²) in [5.41, 5.74) is 2.62. The Kier molecular flexibility index (Phi) is 3.90. The van der Waals surface area contributed by atoms with Gasteiger partial charge in [-0.2, -0.15) is 0 Å². The molecule has 0 bridgehead atoms. The molecule has 0 radical (unpaired) electrons. The van der Waals surface area contributed by atoms with Gasteiger partial charge in [-0.1, -0.05) is 12.1 Å². The number of benzene rings is 1. The van der Waals surface area contributed by atoms with E-state index in [1.165, 1.54) is 0 Å². The summed E-state index contributed by atoms with van der Waals surface area (Å²) < 4.78 is 5.56. The Labute approximate surface area is 95.8 Å². The van der Waals surface area contributed by atoms with Gasteiger partial charge in [0.2, 0.25) is 5.91 Å². The summed E-state index contributed by atoms with van der Waals surface area (Å²) in [5, 5.41) is 0. The summed E-state index contributed by atoms with van der Waals surface area (Å²) in [4.78, 5) is 11.4. The second kappa shape index (κ2) is 4.99. The van der Waals surface area contributed by atoms with E-state index in [9.17, 15) is 4.79 Å². The molecule has 0 aliphatic carbocycles. The van der Waals surface area contributed by atoms with E-state index >= 15 is 0 Å². The second-order valence-electron chi connectivity index (χ2n) is 4.46. The van der Waals surface area contributed by atoms with E-state index in [0.717, 1.165) is 11.3 Å². The number of hydrogen-bond donors (Lipinski definition) is 2. The molecule has 1 amide bonds. The van der Waals surface area contributed by atoms with Gasteiger partial charge in [0.15, 0.2) is 0 Å². The Morgan fingerprint density at radius 2 is 2.19 bits per heavy atom. The summed E-state index contributed by atoms with van der Waals surface area (Å²) in [6.07, 6.45) is 0. The van der Waals surface area contributed by atoms with Crippen molar-refractivity contribution < 1.29 is 9.53 Å². The molecule has 0 heterocycles. The Morgan fingerprint density at radius 3 is 2.75 bits per heavy atom. The second-order valence-corrected chi connectivity index (χ2v) is 4.46. The molecule has 0 fully saturated rings. The van der Waals surface area contributed by atoms with Crippen LogP contribution >= 0.6 is 0 Å². The lowest BCUT2D eigenvalue weighted by molar-refractivity contribution is -0.130. The summed E-state index contributed by atoms with van der Waals surface area (Å²) >= 11 is 0. The van der Waals surface area contributed by atoms with Gasteiger partial charge in [0.05, 0.1) is 5.41 Å². The van der Waals surface area contributed by atoms with E-state index in [0.29, 0.717) is 6.61 Å². The van der Waals surface area contributed by atoms with Gasteiger partial charge in [0, 0.05) is 0 Å². The molecule has 0 aromatic heterocycles. The fraction of sp³-hybridized carbons (Fsp3) is 0.417. The molecule has 4 heteroatoms. The summed E-state index contributed by atoms with van der Waals surface area (Å²) in [6.45, 7) is 5.85. The van der Waals surface area contributed by atoms with Crippen LogP contribution in [-0.2, 0) is 4.79 Å². The first-order valence-corrected chi connectivity index (χ1v) is 5.16. The van der Waals surface area contributed by atoms with Gasteiger partial charge in [0.25, 0.3) is 0 Å². The van der Waals surface area contributed by atoms with Crippen molar-refractivity contribution in [3.8, 4) is 5.75 Å². The predicted molar refractivity (Wildman–Crippen MR) is 62.8 cm³/mol. The number of carbonyl (C=O) groups excluding carboxylic acids is 1. The van der Waals surface area contributed by atoms with Gasteiger partial charge in [0.1, 0.15) is 12.4 Å². The first-order chi connectivity index (χ1) is 7.45. The van der Waals surface area contributed by atoms with Crippen molar-refractivity contribution in [3.63, 3.8) is 0 Å². The summed E-state index contributed by atoms with van der Waals surface area (Å²) in [7, 11) is 0. The van der Waals surface area contributed by atoms with Gasteiger partial charge in [-0.15, -0.1) is 0 Å². The average molecular weight is 222 g/mol. The van der Waals surface area contributed by atoms with Crippen LogP contribution in [0.3, 0.4) is 0 Å². The highest BCUT2D eigenvalue weighted by Crippen LogP contribution is 2.19. The zero-order chi connectivity index (χ0) is 12.2. The maximum atomic E-state index is 11.4. The van der Waals surface area contributed by atoms with E-state index in [2.05, 4.69) is 5.43 Å². The standard InChI is InChI=1S/C12H18N2O2/c1-9-5-4-6-10(7-9)16-8-12(2,3)11(15)14-13/h4-7H,8,13H2,1-3H3,(H,14,15). The third-order valence-electron chi connectivity index (χ3n) is 2.33. The van der Waals surface area contributed by atoms with Crippen LogP contribution in [0.4, 0.5) is 0 Å². The normalized spacial score (nSPS) is 11.0. The topological polar surface area (TPSA) is 64.3 Å². The van der Waals surface area contributed by atoms with E-state index in [4.69, 9.17) is 10.6 Å². The number of nitrogens with two attached hydrogens (primary N) is 1. The first kappa shape index (κ1) is 12.5. The van der Waals surface area contributed by atoms with E-state index in [-0.39, 0.29) is 5.91 Å². The average Bonchev–Trinajstić information content (AvgIpc) is 2.25. The Hall–Kier alpha value is -1.55. The van der Waals surface area contributed by atoms with Gasteiger partial charge < -0.3 is 4.74 Å². The molecular formula is C12H18N2O2. The van der Waals surface area contributed by atoms with Crippen LogP contribution in [0.15, 0.2) is 24.3 Å². The molecular weight excluding hydrogens is 204 g/mol. The van der Waals surface area contributed by atoms with Crippen LogP contribution in [-0.4, -0.2) is 12.5 Å². The number of amides is 1. The number of nitrogens with one attached hydrogen (secondary N) is 1. The molecule has 88 valence electrons. The van der Waals surface area contributed by atoms with Gasteiger partial charge in [-0.3, -0.25) is 10.2 Å². The molecule has 1 aromatic carbocycles. The third-order valence-corrected chi connectivity index (χ3v) is 2.33. The quantitative estimate of drug-likeness (QED) is 0.459. The van der Waals surface area contributed by atoms with Gasteiger partial charge >= 0.3 is 0 Å². The molecule has 0 spiro atoms. The fourth-order valence-electron chi connectivity index (χ4n) is 1.23. The highest BCUT2D eigenvalue weighted by molar-refractivity contribution is 5.81. The Morgan fingerprint density at radius 1 is 1.50 bits per heavy atom. The molecule has 0 saturated heterocycles.